The van der Waals surface area contributed by atoms with Gasteiger partial charge in [0.25, 0.3) is 10.0 Å². The topological polar surface area (TPSA) is 116 Å². The molecule has 1 rings (SSSR count). The van der Waals surface area contributed by atoms with Crippen molar-refractivity contribution in [1.82, 2.24) is 4.31 Å². The minimum Gasteiger partial charge on any atom is -0.374 e. The molecule has 0 bridgehead atoms. The molecule has 1 heterocycles. The lowest BCUT2D eigenvalue weighted by atomic mass is 10.3. The third kappa shape index (κ3) is 3.69. The van der Waals surface area contributed by atoms with E-state index in [2.05, 4.69) is 5.32 Å². The molecular formula is C11H16N4O4S2. The summed E-state index contributed by atoms with van der Waals surface area (Å²) in [6, 6.07) is 2.60. The smallest absolute Gasteiger partial charge is 0.304 e. The highest BCUT2D eigenvalue weighted by molar-refractivity contribution is 7.91. The lowest BCUT2D eigenvalue weighted by Crippen LogP contribution is -2.37. The van der Waals surface area contributed by atoms with Gasteiger partial charge < -0.3 is 5.32 Å². The molecule has 0 saturated carbocycles. The Morgan fingerprint density at radius 2 is 2.19 bits per heavy atom. The second kappa shape index (κ2) is 6.84. The summed E-state index contributed by atoms with van der Waals surface area (Å²) in [5.74, 6) is 0. The van der Waals surface area contributed by atoms with E-state index in [1.165, 1.54) is 11.4 Å². The number of rotatable bonds is 7. The van der Waals surface area contributed by atoms with Gasteiger partial charge in [0, 0.05) is 32.1 Å². The highest BCUT2D eigenvalue weighted by atomic mass is 32.2. The lowest BCUT2D eigenvalue weighted by Gasteiger charge is -2.23. The van der Waals surface area contributed by atoms with E-state index in [-0.39, 0.29) is 33.9 Å². The van der Waals surface area contributed by atoms with Gasteiger partial charge in [-0.15, -0.1) is 0 Å². The summed E-state index contributed by atoms with van der Waals surface area (Å²) in [7, 11) is -2.37. The molecule has 1 N–H and O–H groups in total. The molecular weight excluding hydrogens is 316 g/mol. The van der Waals surface area contributed by atoms with E-state index in [1.807, 2.05) is 6.07 Å². The Balaban J connectivity index is 3.29. The van der Waals surface area contributed by atoms with Crippen LogP contribution < -0.4 is 5.32 Å². The van der Waals surface area contributed by atoms with Crippen LogP contribution in [-0.4, -0.2) is 37.3 Å². The first kappa shape index (κ1) is 17.4. The molecule has 0 unspecified atom stereocenters. The van der Waals surface area contributed by atoms with E-state index in [0.717, 1.165) is 17.4 Å². The second-order valence-electron chi connectivity index (χ2n) is 4.40. The second-order valence-corrected chi connectivity index (χ2v) is 7.57. The van der Waals surface area contributed by atoms with E-state index in [4.69, 9.17) is 5.26 Å². The van der Waals surface area contributed by atoms with Crippen molar-refractivity contribution in [2.24, 2.45) is 0 Å². The van der Waals surface area contributed by atoms with E-state index in [0.29, 0.717) is 0 Å². The maximum atomic E-state index is 12.6. The number of hydrogen-bond acceptors (Lipinski definition) is 7. The standard InChI is InChI=1S/C11H16N4O4S2/c1-8(2)14(6-4-5-12)21(18,19)10-7-9(15(16)17)11(13-3)20-10/h7-8,13H,4,6H2,1-3H3. The van der Waals surface area contributed by atoms with E-state index in [9.17, 15) is 18.5 Å². The van der Waals surface area contributed by atoms with Crippen molar-refractivity contribution in [1.29, 1.82) is 5.26 Å². The Bertz CT molecular complexity index is 660. The van der Waals surface area contributed by atoms with Crippen LogP contribution in [0.1, 0.15) is 20.3 Å². The summed E-state index contributed by atoms with van der Waals surface area (Å²) in [5, 5.41) is 22.3. The molecule has 0 aromatic carbocycles. The van der Waals surface area contributed by atoms with Crippen molar-refractivity contribution in [3.05, 3.63) is 16.2 Å². The number of nitriles is 1. The molecule has 0 atom stereocenters. The number of sulfonamides is 1. The summed E-state index contributed by atoms with van der Waals surface area (Å²) in [6.45, 7) is 3.43. The van der Waals surface area contributed by atoms with Crippen LogP contribution in [0.4, 0.5) is 10.7 Å². The Kier molecular flexibility index (Phi) is 5.65. The summed E-state index contributed by atoms with van der Waals surface area (Å²) >= 11 is 0.809. The molecule has 10 heteroatoms. The van der Waals surface area contributed by atoms with Crippen molar-refractivity contribution in [2.45, 2.75) is 30.5 Å². The Morgan fingerprint density at radius 1 is 1.57 bits per heavy atom. The van der Waals surface area contributed by atoms with Crippen LogP contribution in [0.2, 0.25) is 0 Å². The van der Waals surface area contributed by atoms with Crippen LogP contribution >= 0.6 is 11.3 Å². The van der Waals surface area contributed by atoms with Gasteiger partial charge in [0.15, 0.2) is 5.00 Å². The van der Waals surface area contributed by atoms with Crippen molar-refractivity contribution in [2.75, 3.05) is 18.9 Å². The lowest BCUT2D eigenvalue weighted by molar-refractivity contribution is -0.383. The van der Waals surface area contributed by atoms with Gasteiger partial charge in [0.2, 0.25) is 0 Å². The van der Waals surface area contributed by atoms with Gasteiger partial charge in [0.05, 0.1) is 11.0 Å². The quantitative estimate of drug-likeness (QED) is 0.603. The maximum absolute atomic E-state index is 12.6. The average Bonchev–Trinajstić information content (AvgIpc) is 2.83. The molecule has 0 aliphatic carbocycles. The van der Waals surface area contributed by atoms with E-state index in [1.54, 1.807) is 13.8 Å². The van der Waals surface area contributed by atoms with Gasteiger partial charge in [0.1, 0.15) is 4.21 Å². The van der Waals surface area contributed by atoms with E-state index < -0.39 is 14.9 Å². The number of hydrogen-bond donors (Lipinski definition) is 1. The predicted molar refractivity (Wildman–Crippen MR) is 79.8 cm³/mol. The zero-order valence-electron chi connectivity index (χ0n) is 11.9. The third-order valence-corrected chi connectivity index (χ3v) is 6.36. The molecule has 0 aliphatic heterocycles. The minimum atomic E-state index is -3.86. The first-order valence-electron chi connectivity index (χ1n) is 6.10. The number of thiophene rings is 1. The zero-order valence-corrected chi connectivity index (χ0v) is 13.5. The molecule has 1 aromatic rings. The minimum absolute atomic E-state index is 0.0527. The Morgan fingerprint density at radius 3 is 2.57 bits per heavy atom. The highest BCUT2D eigenvalue weighted by Crippen LogP contribution is 2.38. The molecule has 0 aliphatic rings. The first-order valence-corrected chi connectivity index (χ1v) is 8.36. The number of nitrogens with one attached hydrogen (secondary N) is 1. The SMILES string of the molecule is CNc1sc(S(=O)(=O)N(CCC#N)C(C)C)cc1[N+](=O)[O-]. The van der Waals surface area contributed by atoms with Gasteiger partial charge in [-0.25, -0.2) is 8.42 Å². The fourth-order valence-electron chi connectivity index (χ4n) is 1.73. The molecule has 0 radical (unpaired) electrons. The van der Waals surface area contributed by atoms with Crippen LogP contribution in [0, 0.1) is 21.4 Å². The van der Waals surface area contributed by atoms with Gasteiger partial charge >= 0.3 is 5.69 Å². The monoisotopic (exact) mass is 332 g/mol. The number of anilines is 1. The molecule has 0 fully saturated rings. The highest BCUT2D eigenvalue weighted by Gasteiger charge is 2.32. The average molecular weight is 332 g/mol. The molecule has 21 heavy (non-hydrogen) atoms. The van der Waals surface area contributed by atoms with Crippen molar-refractivity contribution < 1.29 is 13.3 Å². The summed E-state index contributed by atoms with van der Waals surface area (Å²) in [6.07, 6.45) is 0.0593. The molecule has 0 spiro atoms. The van der Waals surface area contributed by atoms with Gasteiger partial charge in [-0.05, 0) is 13.8 Å². The third-order valence-electron chi connectivity index (χ3n) is 2.70. The van der Waals surface area contributed by atoms with Crippen molar-refractivity contribution in [3.8, 4) is 6.07 Å². The first-order chi connectivity index (χ1) is 9.75. The summed E-state index contributed by atoms with van der Waals surface area (Å²) < 4.78 is 26.2. The van der Waals surface area contributed by atoms with Gasteiger partial charge in [-0.3, -0.25) is 10.1 Å². The van der Waals surface area contributed by atoms with Crippen LogP contribution in [-0.2, 0) is 10.0 Å². The summed E-state index contributed by atoms with van der Waals surface area (Å²) in [4.78, 5) is 10.3. The van der Waals surface area contributed by atoms with E-state index >= 15 is 0 Å². The molecule has 0 saturated heterocycles. The maximum Gasteiger partial charge on any atom is 0.304 e. The van der Waals surface area contributed by atoms with Gasteiger partial charge in [-0.2, -0.15) is 9.57 Å². The van der Waals surface area contributed by atoms with Crippen LogP contribution in [0.3, 0.4) is 0 Å². The fourth-order valence-corrected chi connectivity index (χ4v) is 4.78. The largest absolute Gasteiger partial charge is 0.374 e. The van der Waals surface area contributed by atoms with Crippen molar-refractivity contribution in [3.63, 3.8) is 0 Å². The molecule has 1 aromatic heterocycles. The Labute approximate surface area is 127 Å². The molecule has 116 valence electrons. The van der Waals surface area contributed by atoms with Gasteiger partial charge in [-0.1, -0.05) is 11.3 Å². The molecule has 8 nitrogen and oxygen atoms in total. The molecule has 0 amide bonds. The Hall–Kier alpha value is -1.70. The van der Waals surface area contributed by atoms with Crippen LogP contribution in [0.5, 0.6) is 0 Å². The number of nitro groups is 1. The zero-order chi connectivity index (χ0) is 16.2. The summed E-state index contributed by atoms with van der Waals surface area (Å²) in [5.41, 5.74) is -0.273. The van der Waals surface area contributed by atoms with Crippen LogP contribution in [0.15, 0.2) is 10.3 Å². The fraction of sp³-hybridized carbons (Fsp3) is 0.545. The van der Waals surface area contributed by atoms with Crippen LogP contribution in [0.25, 0.3) is 0 Å². The predicted octanol–water partition coefficient (Wildman–Crippen LogP) is 2.01. The number of nitrogens with zero attached hydrogens (tertiary/aromatic N) is 3. The van der Waals surface area contributed by atoms with Crippen molar-refractivity contribution >= 4 is 32.0 Å². The normalized spacial score (nSPS) is 11.6.